The Hall–Kier alpha value is -7.58. The van der Waals surface area contributed by atoms with E-state index in [4.69, 9.17) is 9.47 Å². The zero-order chi connectivity index (χ0) is 66.7. The summed E-state index contributed by atoms with van der Waals surface area (Å²) in [6.07, 6.45) is 2.06. The Morgan fingerprint density at radius 1 is 0.330 bits per heavy atom. The first-order chi connectivity index (χ1) is 42.0. The molecule has 0 saturated carbocycles. The molecule has 0 aliphatic rings. The third kappa shape index (κ3) is 13.5. The van der Waals surface area contributed by atoms with Crippen molar-refractivity contribution in [3.63, 3.8) is 0 Å². The average Bonchev–Trinajstić information content (AvgIpc) is 1.61. The monoisotopic (exact) mass is 1230 g/mol. The summed E-state index contributed by atoms with van der Waals surface area (Å²) in [6, 6.07) is 44.0. The molecule has 0 spiro atoms. The molecule has 10 aromatic rings. The maximum atomic E-state index is 16.0. The zero-order valence-electron chi connectivity index (χ0n) is 58.6. The van der Waals surface area contributed by atoms with Crippen molar-refractivity contribution < 1.29 is 28.5 Å². The summed E-state index contributed by atoms with van der Waals surface area (Å²) in [5, 5.41) is 30.5. The third-order valence-electron chi connectivity index (χ3n) is 18.4. The highest BCUT2D eigenvalue weighted by Crippen LogP contribution is 2.51. The molecule has 0 bridgehead atoms. The van der Waals surface area contributed by atoms with Gasteiger partial charge in [-0.05, 0) is 174 Å². The van der Waals surface area contributed by atoms with Gasteiger partial charge < -0.3 is 28.8 Å². The standard InChI is InChI=1S/C83H100F2N2O4/c1-76(2,3)48-82(19,20)54-38-64(74(88)70(44-54)86-66-40-50(78(7,8)9)24-30-58(66)59-31-25-51(41-67(59)86)79(10,11)12)62-46-56(84)28-34-72(62)90-36-23-37-91-73-35-29-57(85)47-63(73)65-39-55(83(21,22)49-77(4,5)6)45-71(75(65)89)87-68-42-52(80(13,14)15)26-32-60(68)61-33-27-53(43-69(61)87)81(16,17)18/h24-35,38-47,88-89H,23,36-37,48-49H2,1-22H3. The van der Waals surface area contributed by atoms with Crippen LogP contribution in [0.5, 0.6) is 23.0 Å². The van der Waals surface area contributed by atoms with Crippen molar-refractivity contribution in [2.75, 3.05) is 13.2 Å². The molecule has 8 heteroatoms. The fraction of sp³-hybridized carbons (Fsp3) is 0.422. The minimum absolute atomic E-state index is 0.0128. The molecule has 91 heavy (non-hydrogen) atoms. The van der Waals surface area contributed by atoms with Gasteiger partial charge in [0.1, 0.15) is 34.6 Å². The number of benzene rings is 8. The molecular formula is C83H100F2N2O4. The van der Waals surface area contributed by atoms with Crippen molar-refractivity contribution in [3.05, 3.63) is 178 Å². The highest BCUT2D eigenvalue weighted by Gasteiger charge is 2.34. The molecule has 480 valence electrons. The Kier molecular flexibility index (Phi) is 16.9. The molecule has 0 fully saturated rings. The molecule has 2 N–H and O–H groups in total. The van der Waals surface area contributed by atoms with E-state index in [2.05, 4.69) is 246 Å². The molecule has 6 nitrogen and oxygen atoms in total. The van der Waals surface area contributed by atoms with E-state index in [1.165, 1.54) is 46.5 Å². The van der Waals surface area contributed by atoms with Gasteiger partial charge >= 0.3 is 0 Å². The molecule has 0 radical (unpaired) electrons. The Bertz CT molecular complexity index is 4000. The first-order valence-corrected chi connectivity index (χ1v) is 32.8. The third-order valence-corrected chi connectivity index (χ3v) is 18.4. The molecule has 10 rings (SSSR count). The van der Waals surface area contributed by atoms with E-state index in [9.17, 15) is 10.2 Å². The van der Waals surface area contributed by atoms with E-state index < -0.39 is 11.6 Å². The second-order valence-electron chi connectivity index (χ2n) is 34.0. The maximum Gasteiger partial charge on any atom is 0.147 e. The van der Waals surface area contributed by atoms with Gasteiger partial charge in [0, 0.05) is 50.2 Å². The summed E-state index contributed by atoms with van der Waals surface area (Å²) in [7, 11) is 0. The fourth-order valence-corrected chi connectivity index (χ4v) is 14.1. The van der Waals surface area contributed by atoms with Crippen LogP contribution in [0.15, 0.2) is 133 Å². The van der Waals surface area contributed by atoms with E-state index >= 15 is 8.78 Å². The minimum atomic E-state index is -0.462. The summed E-state index contributed by atoms with van der Waals surface area (Å²) >= 11 is 0. The van der Waals surface area contributed by atoms with Crippen molar-refractivity contribution in [1.29, 1.82) is 0 Å². The van der Waals surface area contributed by atoms with Gasteiger partial charge in [-0.2, -0.15) is 0 Å². The van der Waals surface area contributed by atoms with Gasteiger partial charge in [0.15, 0.2) is 0 Å². The highest BCUT2D eigenvalue weighted by atomic mass is 19.1. The van der Waals surface area contributed by atoms with Crippen LogP contribution in [0.4, 0.5) is 8.78 Å². The fourth-order valence-electron chi connectivity index (χ4n) is 14.1. The highest BCUT2D eigenvalue weighted by molar-refractivity contribution is 6.11. The lowest BCUT2D eigenvalue weighted by molar-refractivity contribution is 0.248. The molecule has 0 aliphatic carbocycles. The first-order valence-electron chi connectivity index (χ1n) is 32.8. The number of aromatic nitrogens is 2. The number of phenolic OH excluding ortho intramolecular Hbond substituents is 2. The topological polar surface area (TPSA) is 68.8 Å². The minimum Gasteiger partial charge on any atom is -0.505 e. The summed E-state index contributed by atoms with van der Waals surface area (Å²) < 4.78 is 49.8. The molecule has 0 saturated heterocycles. The van der Waals surface area contributed by atoms with Gasteiger partial charge in [-0.25, -0.2) is 8.78 Å². The van der Waals surface area contributed by atoms with Gasteiger partial charge in [0.2, 0.25) is 0 Å². The summed E-state index contributed by atoms with van der Waals surface area (Å²) in [4.78, 5) is 0. The second kappa shape index (κ2) is 23.2. The van der Waals surface area contributed by atoms with Crippen molar-refractivity contribution >= 4 is 43.6 Å². The quantitative estimate of drug-likeness (QED) is 0.106. The molecule has 8 aromatic carbocycles. The zero-order valence-corrected chi connectivity index (χ0v) is 58.6. The summed E-state index contributed by atoms with van der Waals surface area (Å²) in [5.74, 6) is -0.0843. The lowest BCUT2D eigenvalue weighted by Gasteiger charge is -2.34. The smallest absolute Gasteiger partial charge is 0.147 e. The van der Waals surface area contributed by atoms with E-state index in [1.807, 2.05) is 12.1 Å². The van der Waals surface area contributed by atoms with E-state index in [0.717, 1.165) is 67.6 Å². The number of hydrogen-bond donors (Lipinski definition) is 2. The number of rotatable bonds is 14. The summed E-state index contributed by atoms with van der Waals surface area (Å²) in [6.45, 7) is 49.4. The number of nitrogens with zero attached hydrogens (tertiary/aromatic N) is 2. The van der Waals surface area contributed by atoms with Gasteiger partial charge in [0.05, 0.1) is 46.7 Å². The Balaban J connectivity index is 1.05. The molecule has 2 aromatic heterocycles. The molecule has 0 unspecified atom stereocenters. The van der Waals surface area contributed by atoms with E-state index in [-0.39, 0.29) is 68.0 Å². The maximum absolute atomic E-state index is 16.0. The van der Waals surface area contributed by atoms with Crippen molar-refractivity contribution in [1.82, 2.24) is 9.13 Å². The number of halogens is 2. The Morgan fingerprint density at radius 2 is 0.615 bits per heavy atom. The second-order valence-corrected chi connectivity index (χ2v) is 34.0. The SMILES string of the molecule is CC(C)(C)CC(C)(C)c1cc(-c2cc(F)ccc2OCCCOc2ccc(F)cc2-c2cc(C(C)(C)CC(C)(C)C)cc(-n3c4cc(C(C)(C)C)ccc4c4ccc(C(C)(C)C)cc43)c2O)c(O)c(-n2c3cc(C(C)(C)C)ccc3c3ccc(C(C)(C)C)cc32)c1. The number of ether oxygens (including phenoxy) is 2. The average molecular weight is 1230 g/mol. The van der Waals surface area contributed by atoms with Gasteiger partial charge in [-0.3, -0.25) is 0 Å². The normalized spacial score (nSPS) is 13.4. The molecule has 0 amide bonds. The van der Waals surface area contributed by atoms with Crippen LogP contribution in [-0.2, 0) is 32.5 Å². The number of phenols is 2. The van der Waals surface area contributed by atoms with Crippen molar-refractivity contribution in [2.45, 2.75) is 204 Å². The largest absolute Gasteiger partial charge is 0.505 e. The van der Waals surface area contributed by atoms with E-state index in [0.29, 0.717) is 51.5 Å². The summed E-state index contributed by atoms with van der Waals surface area (Å²) in [5.41, 5.74) is 12.1. The molecule has 2 heterocycles. The predicted octanol–water partition coefficient (Wildman–Crippen LogP) is 23.4. The van der Waals surface area contributed by atoms with Crippen LogP contribution in [0.1, 0.15) is 205 Å². The van der Waals surface area contributed by atoms with Crippen LogP contribution in [0.25, 0.3) is 77.2 Å². The Labute approximate surface area is 541 Å². The van der Waals surface area contributed by atoms with Crippen LogP contribution in [0.2, 0.25) is 0 Å². The molecule has 0 aliphatic heterocycles. The van der Waals surface area contributed by atoms with Crippen LogP contribution < -0.4 is 9.47 Å². The van der Waals surface area contributed by atoms with Crippen molar-refractivity contribution in [3.8, 4) is 56.6 Å². The number of hydrogen-bond acceptors (Lipinski definition) is 4. The van der Waals surface area contributed by atoms with Crippen molar-refractivity contribution in [2.24, 2.45) is 10.8 Å². The van der Waals surface area contributed by atoms with Gasteiger partial charge in [-0.1, -0.05) is 201 Å². The van der Waals surface area contributed by atoms with Gasteiger partial charge in [-0.15, -0.1) is 0 Å². The van der Waals surface area contributed by atoms with Crippen LogP contribution in [0.3, 0.4) is 0 Å². The number of aromatic hydroxyl groups is 2. The lowest BCUT2D eigenvalue weighted by Crippen LogP contribution is -2.25. The van der Waals surface area contributed by atoms with Gasteiger partial charge in [0.25, 0.3) is 0 Å². The van der Waals surface area contributed by atoms with Crippen LogP contribution in [0, 0.1) is 22.5 Å². The number of fused-ring (bicyclic) bond motifs is 6. The van der Waals surface area contributed by atoms with Crippen LogP contribution >= 0.6 is 0 Å². The molecular weight excluding hydrogens is 1130 g/mol. The molecule has 0 atom stereocenters. The first kappa shape index (κ1) is 66.3. The predicted molar refractivity (Wildman–Crippen MR) is 380 cm³/mol. The Morgan fingerprint density at radius 3 is 0.879 bits per heavy atom. The lowest BCUT2D eigenvalue weighted by atomic mass is 9.71. The van der Waals surface area contributed by atoms with E-state index in [1.54, 1.807) is 12.1 Å². The van der Waals surface area contributed by atoms with Crippen LogP contribution in [-0.4, -0.2) is 32.6 Å².